The van der Waals surface area contributed by atoms with E-state index >= 15 is 0 Å². The SMILES string of the molecule is Cc1cc(C)c(C)c(OCCC(N)C(N)=O)c1. The summed E-state index contributed by atoms with van der Waals surface area (Å²) >= 11 is 0. The third kappa shape index (κ3) is 3.75. The van der Waals surface area contributed by atoms with Crippen molar-refractivity contribution in [1.29, 1.82) is 0 Å². The number of primary amides is 1. The first kappa shape index (κ1) is 13.5. The Labute approximate surface area is 102 Å². The van der Waals surface area contributed by atoms with Gasteiger partial charge >= 0.3 is 0 Å². The zero-order valence-electron chi connectivity index (χ0n) is 10.6. The summed E-state index contributed by atoms with van der Waals surface area (Å²) in [6, 6.07) is 3.45. The van der Waals surface area contributed by atoms with E-state index < -0.39 is 11.9 Å². The number of hydrogen-bond donors (Lipinski definition) is 2. The monoisotopic (exact) mass is 236 g/mol. The maximum atomic E-state index is 10.8. The Kier molecular flexibility index (Phi) is 4.52. The highest BCUT2D eigenvalue weighted by molar-refractivity contribution is 5.79. The molecule has 1 atom stereocenters. The van der Waals surface area contributed by atoms with Gasteiger partial charge in [0.15, 0.2) is 0 Å². The van der Waals surface area contributed by atoms with Crippen LogP contribution in [-0.2, 0) is 4.79 Å². The highest BCUT2D eigenvalue weighted by atomic mass is 16.5. The number of carbonyl (C=O) groups is 1. The quantitative estimate of drug-likeness (QED) is 0.806. The molecule has 1 amide bonds. The van der Waals surface area contributed by atoms with Crippen molar-refractivity contribution in [3.8, 4) is 5.75 Å². The van der Waals surface area contributed by atoms with Gasteiger partial charge in [-0.15, -0.1) is 0 Å². The van der Waals surface area contributed by atoms with Crippen LogP contribution in [0.4, 0.5) is 0 Å². The molecule has 0 saturated heterocycles. The van der Waals surface area contributed by atoms with Gasteiger partial charge in [0.2, 0.25) is 5.91 Å². The molecule has 1 aromatic carbocycles. The van der Waals surface area contributed by atoms with Crippen molar-refractivity contribution in [2.24, 2.45) is 11.5 Å². The second-order valence-corrected chi connectivity index (χ2v) is 4.35. The summed E-state index contributed by atoms with van der Waals surface area (Å²) in [6.45, 7) is 6.48. The molecule has 0 saturated carbocycles. The second kappa shape index (κ2) is 5.68. The Morgan fingerprint density at radius 2 is 2.00 bits per heavy atom. The fourth-order valence-corrected chi connectivity index (χ4v) is 1.59. The number of rotatable bonds is 5. The number of hydrogen-bond acceptors (Lipinski definition) is 3. The van der Waals surface area contributed by atoms with Crippen LogP contribution < -0.4 is 16.2 Å². The molecule has 0 bridgehead atoms. The van der Waals surface area contributed by atoms with E-state index in [1.54, 1.807) is 0 Å². The van der Waals surface area contributed by atoms with E-state index in [-0.39, 0.29) is 0 Å². The summed E-state index contributed by atoms with van der Waals surface area (Å²) < 4.78 is 5.63. The van der Waals surface area contributed by atoms with Gasteiger partial charge in [-0.1, -0.05) is 6.07 Å². The number of ether oxygens (including phenoxy) is 1. The number of carbonyl (C=O) groups excluding carboxylic acids is 1. The van der Waals surface area contributed by atoms with Gasteiger partial charge in [0.1, 0.15) is 5.75 Å². The largest absolute Gasteiger partial charge is 0.493 e. The normalized spacial score (nSPS) is 12.2. The van der Waals surface area contributed by atoms with E-state index in [0.717, 1.165) is 16.9 Å². The first-order chi connectivity index (χ1) is 7.91. The number of nitrogens with two attached hydrogens (primary N) is 2. The van der Waals surface area contributed by atoms with Crippen molar-refractivity contribution in [2.75, 3.05) is 6.61 Å². The van der Waals surface area contributed by atoms with Gasteiger partial charge in [0.05, 0.1) is 12.6 Å². The minimum Gasteiger partial charge on any atom is -0.493 e. The van der Waals surface area contributed by atoms with Crippen molar-refractivity contribution in [1.82, 2.24) is 0 Å². The molecule has 17 heavy (non-hydrogen) atoms. The van der Waals surface area contributed by atoms with E-state index in [2.05, 4.69) is 6.07 Å². The Morgan fingerprint density at radius 3 is 2.59 bits per heavy atom. The van der Waals surface area contributed by atoms with Gasteiger partial charge in [0.25, 0.3) is 0 Å². The summed E-state index contributed by atoms with van der Waals surface area (Å²) in [5.41, 5.74) is 14.1. The van der Waals surface area contributed by atoms with Crippen LogP contribution in [-0.4, -0.2) is 18.6 Å². The highest BCUT2D eigenvalue weighted by Gasteiger charge is 2.10. The van der Waals surface area contributed by atoms with E-state index in [1.165, 1.54) is 5.56 Å². The van der Waals surface area contributed by atoms with Crippen LogP contribution in [0.25, 0.3) is 0 Å². The molecule has 4 nitrogen and oxygen atoms in total. The summed E-state index contributed by atoms with van der Waals surface area (Å²) in [5.74, 6) is 0.352. The van der Waals surface area contributed by atoms with Crippen LogP contribution in [0.15, 0.2) is 12.1 Å². The average molecular weight is 236 g/mol. The van der Waals surface area contributed by atoms with Gasteiger partial charge in [-0.3, -0.25) is 4.79 Å². The van der Waals surface area contributed by atoms with Crippen molar-refractivity contribution >= 4 is 5.91 Å². The molecule has 0 radical (unpaired) electrons. The molecule has 0 aromatic heterocycles. The van der Waals surface area contributed by atoms with Crippen LogP contribution in [0.1, 0.15) is 23.1 Å². The lowest BCUT2D eigenvalue weighted by Gasteiger charge is -2.13. The van der Waals surface area contributed by atoms with E-state index in [9.17, 15) is 4.79 Å². The molecule has 94 valence electrons. The number of benzene rings is 1. The smallest absolute Gasteiger partial charge is 0.234 e. The lowest BCUT2D eigenvalue weighted by Crippen LogP contribution is -2.37. The maximum Gasteiger partial charge on any atom is 0.234 e. The molecule has 0 aliphatic carbocycles. The maximum absolute atomic E-state index is 10.8. The minimum atomic E-state index is -0.638. The third-order valence-electron chi connectivity index (χ3n) is 2.82. The lowest BCUT2D eigenvalue weighted by molar-refractivity contribution is -0.119. The molecule has 4 N–H and O–H groups in total. The topological polar surface area (TPSA) is 78.3 Å². The van der Waals surface area contributed by atoms with Crippen molar-refractivity contribution < 1.29 is 9.53 Å². The molecule has 0 aliphatic heterocycles. The third-order valence-corrected chi connectivity index (χ3v) is 2.82. The second-order valence-electron chi connectivity index (χ2n) is 4.35. The molecule has 0 spiro atoms. The molecule has 1 aromatic rings. The van der Waals surface area contributed by atoms with Gasteiger partial charge in [-0.25, -0.2) is 0 Å². The fourth-order valence-electron chi connectivity index (χ4n) is 1.59. The molecule has 4 heteroatoms. The lowest BCUT2D eigenvalue weighted by atomic mass is 10.1. The standard InChI is InChI=1S/C13H20N2O2/c1-8-6-9(2)10(3)12(7-8)17-5-4-11(14)13(15)16/h6-7,11H,4-5,14H2,1-3H3,(H2,15,16). The van der Waals surface area contributed by atoms with E-state index in [4.69, 9.17) is 16.2 Å². The average Bonchev–Trinajstić information content (AvgIpc) is 2.24. The summed E-state index contributed by atoms with van der Waals surface area (Å²) in [7, 11) is 0. The molecule has 0 aliphatic rings. The zero-order chi connectivity index (χ0) is 13.0. The fraction of sp³-hybridized carbons (Fsp3) is 0.462. The predicted molar refractivity (Wildman–Crippen MR) is 67.9 cm³/mol. The van der Waals surface area contributed by atoms with Crippen LogP contribution in [0.2, 0.25) is 0 Å². The van der Waals surface area contributed by atoms with Gasteiger partial charge in [0, 0.05) is 6.42 Å². The summed E-state index contributed by atoms with van der Waals surface area (Å²) in [4.78, 5) is 10.8. The van der Waals surface area contributed by atoms with Crippen LogP contribution >= 0.6 is 0 Å². The Balaban J connectivity index is 2.61. The number of aryl methyl sites for hydroxylation is 2. The summed E-state index contributed by atoms with van der Waals surface area (Å²) in [6.07, 6.45) is 0.432. The molecule has 0 heterocycles. The first-order valence-corrected chi connectivity index (χ1v) is 5.67. The molecule has 1 rings (SSSR count). The Morgan fingerprint density at radius 1 is 1.35 bits per heavy atom. The Hall–Kier alpha value is -1.55. The minimum absolute atomic E-state index is 0.397. The van der Waals surface area contributed by atoms with E-state index in [0.29, 0.717) is 13.0 Å². The van der Waals surface area contributed by atoms with E-state index in [1.807, 2.05) is 26.8 Å². The summed E-state index contributed by atoms with van der Waals surface area (Å²) in [5, 5.41) is 0. The van der Waals surface area contributed by atoms with Gasteiger partial charge in [-0.2, -0.15) is 0 Å². The first-order valence-electron chi connectivity index (χ1n) is 5.67. The zero-order valence-corrected chi connectivity index (χ0v) is 10.6. The van der Waals surface area contributed by atoms with Gasteiger partial charge < -0.3 is 16.2 Å². The number of amides is 1. The predicted octanol–water partition coefficient (Wildman–Crippen LogP) is 1.19. The van der Waals surface area contributed by atoms with Crippen LogP contribution in [0, 0.1) is 20.8 Å². The van der Waals surface area contributed by atoms with Crippen LogP contribution in [0.3, 0.4) is 0 Å². The van der Waals surface area contributed by atoms with Crippen molar-refractivity contribution in [3.05, 3.63) is 28.8 Å². The van der Waals surface area contributed by atoms with Crippen molar-refractivity contribution in [3.63, 3.8) is 0 Å². The van der Waals surface area contributed by atoms with Gasteiger partial charge in [-0.05, 0) is 43.5 Å². The Bertz CT molecular complexity index is 416. The molecule has 0 fully saturated rings. The van der Waals surface area contributed by atoms with Crippen LogP contribution in [0.5, 0.6) is 5.75 Å². The molecule has 1 unspecified atom stereocenters. The molecular formula is C13H20N2O2. The van der Waals surface area contributed by atoms with Crippen molar-refractivity contribution in [2.45, 2.75) is 33.2 Å². The highest BCUT2D eigenvalue weighted by Crippen LogP contribution is 2.23. The molecular weight excluding hydrogens is 216 g/mol.